The number of rotatable bonds is 4. The SMILES string of the molecule is CCc1cc2c(N3CCNCC3C(C)=O)nc(C(=O)O)nc2s1. The Labute approximate surface area is 137 Å². The minimum atomic E-state index is -1.16. The molecule has 1 unspecified atom stereocenters. The Bertz CT molecular complexity index is 773. The molecule has 0 saturated carbocycles. The van der Waals surface area contributed by atoms with Crippen LogP contribution in [0.4, 0.5) is 5.82 Å². The number of hydrogen-bond donors (Lipinski definition) is 2. The predicted octanol–water partition coefficient (Wildman–Crippen LogP) is 1.32. The summed E-state index contributed by atoms with van der Waals surface area (Å²) in [6.07, 6.45) is 0.848. The first-order valence-electron chi connectivity index (χ1n) is 7.52. The second kappa shape index (κ2) is 6.21. The van der Waals surface area contributed by atoms with Crippen molar-refractivity contribution in [3.05, 3.63) is 16.8 Å². The number of carboxylic acid groups (broad SMARTS) is 1. The third-order valence-electron chi connectivity index (χ3n) is 3.95. The van der Waals surface area contributed by atoms with Crippen LogP contribution in [0.5, 0.6) is 0 Å². The monoisotopic (exact) mass is 334 g/mol. The summed E-state index contributed by atoms with van der Waals surface area (Å²) >= 11 is 1.47. The first-order chi connectivity index (χ1) is 11.0. The van der Waals surface area contributed by atoms with Gasteiger partial charge < -0.3 is 15.3 Å². The number of anilines is 1. The van der Waals surface area contributed by atoms with Crippen molar-refractivity contribution < 1.29 is 14.7 Å². The minimum Gasteiger partial charge on any atom is -0.475 e. The molecule has 8 heteroatoms. The molecule has 2 aromatic rings. The number of nitrogens with one attached hydrogen (secondary N) is 1. The molecular formula is C15H18N4O3S. The van der Waals surface area contributed by atoms with E-state index in [0.717, 1.165) is 23.2 Å². The number of thiophene rings is 1. The fourth-order valence-corrected chi connectivity index (χ4v) is 3.73. The van der Waals surface area contributed by atoms with Crippen LogP contribution in [0.1, 0.15) is 29.3 Å². The zero-order valence-corrected chi connectivity index (χ0v) is 13.8. The van der Waals surface area contributed by atoms with E-state index in [2.05, 4.69) is 15.3 Å². The van der Waals surface area contributed by atoms with Gasteiger partial charge in [0.15, 0.2) is 5.78 Å². The number of aromatic carboxylic acids is 1. The lowest BCUT2D eigenvalue weighted by Gasteiger charge is -2.35. The highest BCUT2D eigenvalue weighted by Crippen LogP contribution is 2.32. The number of fused-ring (bicyclic) bond motifs is 1. The van der Waals surface area contributed by atoms with Gasteiger partial charge in [-0.1, -0.05) is 6.92 Å². The van der Waals surface area contributed by atoms with Gasteiger partial charge in [0.25, 0.3) is 0 Å². The van der Waals surface area contributed by atoms with E-state index >= 15 is 0 Å². The molecule has 7 nitrogen and oxygen atoms in total. The van der Waals surface area contributed by atoms with Gasteiger partial charge >= 0.3 is 5.97 Å². The van der Waals surface area contributed by atoms with Crippen molar-refractivity contribution in [2.75, 3.05) is 24.5 Å². The molecule has 0 radical (unpaired) electrons. The Morgan fingerprint density at radius 2 is 2.26 bits per heavy atom. The van der Waals surface area contributed by atoms with Crippen LogP contribution in [0.2, 0.25) is 0 Å². The number of carbonyl (C=O) groups excluding carboxylic acids is 1. The zero-order valence-electron chi connectivity index (χ0n) is 13.0. The number of hydrogen-bond acceptors (Lipinski definition) is 7. The molecule has 3 rings (SSSR count). The van der Waals surface area contributed by atoms with Crippen LogP contribution in [-0.2, 0) is 11.2 Å². The maximum absolute atomic E-state index is 12.0. The van der Waals surface area contributed by atoms with Crippen LogP contribution in [0.25, 0.3) is 10.2 Å². The van der Waals surface area contributed by atoms with Gasteiger partial charge in [-0.3, -0.25) is 4.79 Å². The van der Waals surface area contributed by atoms with E-state index in [1.54, 1.807) is 6.92 Å². The van der Waals surface area contributed by atoms with E-state index in [-0.39, 0.29) is 17.6 Å². The van der Waals surface area contributed by atoms with Gasteiger partial charge in [0.2, 0.25) is 5.82 Å². The largest absolute Gasteiger partial charge is 0.475 e. The van der Waals surface area contributed by atoms with Gasteiger partial charge in [-0.2, -0.15) is 0 Å². The van der Waals surface area contributed by atoms with E-state index in [0.29, 0.717) is 23.7 Å². The first-order valence-corrected chi connectivity index (χ1v) is 8.34. The molecule has 1 saturated heterocycles. The lowest BCUT2D eigenvalue weighted by molar-refractivity contribution is -0.118. The van der Waals surface area contributed by atoms with Crippen molar-refractivity contribution in [2.24, 2.45) is 0 Å². The zero-order chi connectivity index (χ0) is 16.6. The van der Waals surface area contributed by atoms with Gasteiger partial charge in [-0.25, -0.2) is 14.8 Å². The summed E-state index contributed by atoms with van der Waals surface area (Å²) in [6.45, 7) is 5.45. The van der Waals surface area contributed by atoms with Crippen LogP contribution in [0.3, 0.4) is 0 Å². The number of aromatic nitrogens is 2. The maximum atomic E-state index is 12.0. The summed E-state index contributed by atoms with van der Waals surface area (Å²) in [6, 6.07) is 1.66. The van der Waals surface area contributed by atoms with E-state index in [4.69, 9.17) is 0 Å². The summed E-state index contributed by atoms with van der Waals surface area (Å²) in [5.41, 5.74) is 0. The summed E-state index contributed by atoms with van der Waals surface area (Å²) in [5, 5.41) is 13.3. The van der Waals surface area contributed by atoms with E-state index in [9.17, 15) is 14.7 Å². The molecular weight excluding hydrogens is 316 g/mol. The molecule has 122 valence electrons. The number of ketones is 1. The number of piperazine rings is 1. The summed E-state index contributed by atoms with van der Waals surface area (Å²) in [4.78, 5) is 35.4. The van der Waals surface area contributed by atoms with Gasteiger partial charge in [0.05, 0.1) is 5.39 Å². The highest BCUT2D eigenvalue weighted by Gasteiger charge is 2.30. The van der Waals surface area contributed by atoms with Crippen LogP contribution < -0.4 is 10.2 Å². The molecule has 2 N–H and O–H groups in total. The van der Waals surface area contributed by atoms with E-state index in [1.807, 2.05) is 17.9 Å². The van der Waals surface area contributed by atoms with Crippen molar-refractivity contribution in [1.82, 2.24) is 15.3 Å². The maximum Gasteiger partial charge on any atom is 0.374 e. The van der Waals surface area contributed by atoms with Gasteiger partial charge in [0.1, 0.15) is 16.7 Å². The van der Waals surface area contributed by atoms with Crippen molar-refractivity contribution >= 4 is 39.1 Å². The van der Waals surface area contributed by atoms with Crippen LogP contribution >= 0.6 is 11.3 Å². The summed E-state index contributed by atoms with van der Waals surface area (Å²) in [7, 11) is 0. The van der Waals surface area contributed by atoms with Crippen molar-refractivity contribution in [1.29, 1.82) is 0 Å². The standard InChI is InChI=1S/C15H18N4O3S/c1-3-9-6-10-13(17-12(15(21)22)18-14(10)23-9)19-5-4-16-7-11(19)8(2)20/h6,11,16H,3-5,7H2,1-2H3,(H,21,22). The Kier molecular flexibility index (Phi) is 4.27. The fraction of sp³-hybridized carbons (Fsp3) is 0.467. The summed E-state index contributed by atoms with van der Waals surface area (Å²) < 4.78 is 0. The number of nitrogens with zero attached hydrogens (tertiary/aromatic N) is 3. The second-order valence-corrected chi connectivity index (χ2v) is 6.60. The molecule has 0 amide bonds. The summed E-state index contributed by atoms with van der Waals surface area (Å²) in [5.74, 6) is -0.802. The highest BCUT2D eigenvalue weighted by molar-refractivity contribution is 7.18. The average molecular weight is 334 g/mol. The van der Waals surface area contributed by atoms with Crippen molar-refractivity contribution in [3.63, 3.8) is 0 Å². The Balaban J connectivity index is 2.18. The molecule has 1 fully saturated rings. The van der Waals surface area contributed by atoms with Gasteiger partial charge in [0, 0.05) is 24.5 Å². The predicted molar refractivity (Wildman–Crippen MR) is 88.4 cm³/mol. The minimum absolute atomic E-state index is 0.0341. The number of Topliss-reactive ketones (excluding diaryl/α,β-unsaturated/α-hetero) is 1. The molecule has 0 aromatic carbocycles. The topological polar surface area (TPSA) is 95.4 Å². The Hall–Kier alpha value is -2.06. The normalized spacial score (nSPS) is 18.3. The van der Waals surface area contributed by atoms with Crippen LogP contribution in [0, 0.1) is 0 Å². The average Bonchev–Trinajstić information content (AvgIpc) is 2.96. The quantitative estimate of drug-likeness (QED) is 0.870. The molecule has 1 atom stereocenters. The lowest BCUT2D eigenvalue weighted by atomic mass is 10.1. The third kappa shape index (κ3) is 2.91. The van der Waals surface area contributed by atoms with Gasteiger partial charge in [-0.05, 0) is 19.4 Å². The Morgan fingerprint density at radius 1 is 1.48 bits per heavy atom. The molecule has 1 aliphatic heterocycles. The lowest BCUT2D eigenvalue weighted by Crippen LogP contribution is -2.55. The molecule has 3 heterocycles. The van der Waals surface area contributed by atoms with E-state index < -0.39 is 5.97 Å². The smallest absolute Gasteiger partial charge is 0.374 e. The van der Waals surface area contributed by atoms with Gasteiger partial charge in [-0.15, -0.1) is 11.3 Å². The molecule has 23 heavy (non-hydrogen) atoms. The molecule has 0 spiro atoms. The molecule has 2 aromatic heterocycles. The Morgan fingerprint density at radius 3 is 2.91 bits per heavy atom. The first kappa shape index (κ1) is 15.8. The number of carbonyl (C=O) groups is 2. The molecule has 0 bridgehead atoms. The highest BCUT2D eigenvalue weighted by atomic mass is 32.1. The van der Waals surface area contributed by atoms with Crippen molar-refractivity contribution in [2.45, 2.75) is 26.3 Å². The fourth-order valence-electron chi connectivity index (χ4n) is 2.77. The van der Waals surface area contributed by atoms with Crippen LogP contribution in [-0.4, -0.2) is 52.5 Å². The second-order valence-electron chi connectivity index (χ2n) is 5.49. The molecule has 1 aliphatic rings. The van der Waals surface area contributed by atoms with E-state index in [1.165, 1.54) is 11.3 Å². The third-order valence-corrected chi connectivity index (χ3v) is 5.12. The van der Waals surface area contributed by atoms with Crippen molar-refractivity contribution in [3.8, 4) is 0 Å². The van der Waals surface area contributed by atoms with Crippen LogP contribution in [0.15, 0.2) is 6.07 Å². The molecule has 0 aliphatic carbocycles. The number of aryl methyl sites for hydroxylation is 1. The number of carboxylic acids is 1.